The Morgan fingerprint density at radius 1 is 1.07 bits per heavy atom. The smallest absolute Gasteiger partial charge is 0.00115 e. The van der Waals surface area contributed by atoms with Crippen LogP contribution in [0.5, 0.6) is 0 Å². The van der Waals surface area contributed by atoms with Gasteiger partial charge in [0.25, 0.3) is 0 Å². The van der Waals surface area contributed by atoms with E-state index in [2.05, 4.69) is 18.3 Å². The molecule has 0 atom stereocenters. The number of hydrogen-bond donors (Lipinski definition) is 1. The van der Waals surface area contributed by atoms with E-state index in [1.807, 2.05) is 0 Å². The molecule has 1 aliphatic carbocycles. The molecule has 14 heavy (non-hydrogen) atoms. The second-order valence-corrected chi connectivity index (χ2v) is 5.09. The molecule has 1 saturated heterocycles. The van der Waals surface area contributed by atoms with E-state index in [1.54, 1.807) is 5.57 Å². The molecule has 1 saturated carbocycles. The Balaban J connectivity index is 1.83. The van der Waals surface area contributed by atoms with Crippen molar-refractivity contribution in [3.63, 3.8) is 0 Å². The highest BCUT2D eigenvalue weighted by Gasteiger charge is 2.17. The fourth-order valence-electron chi connectivity index (χ4n) is 2.70. The molecule has 0 radical (unpaired) electrons. The van der Waals surface area contributed by atoms with Crippen molar-refractivity contribution in [2.45, 2.75) is 45.4 Å². The van der Waals surface area contributed by atoms with E-state index in [0.29, 0.717) is 0 Å². The van der Waals surface area contributed by atoms with Gasteiger partial charge in [-0.1, -0.05) is 31.4 Å². The summed E-state index contributed by atoms with van der Waals surface area (Å²) < 4.78 is 0. The predicted molar refractivity (Wildman–Crippen MR) is 61.3 cm³/mol. The summed E-state index contributed by atoms with van der Waals surface area (Å²) in [5, 5.41) is 3.42. The first-order valence-electron chi connectivity index (χ1n) is 6.25. The molecule has 0 aromatic rings. The summed E-state index contributed by atoms with van der Waals surface area (Å²) in [7, 11) is 0. The molecular formula is C13H23N. The van der Waals surface area contributed by atoms with Crippen molar-refractivity contribution >= 4 is 0 Å². The lowest BCUT2D eigenvalue weighted by Crippen LogP contribution is -2.23. The maximum atomic E-state index is 3.42. The van der Waals surface area contributed by atoms with Crippen molar-refractivity contribution < 1.29 is 0 Å². The summed E-state index contributed by atoms with van der Waals surface area (Å²) in [5.74, 6) is 1.90. The van der Waals surface area contributed by atoms with Crippen LogP contribution >= 0.6 is 0 Å². The van der Waals surface area contributed by atoms with Gasteiger partial charge in [0.2, 0.25) is 0 Å². The van der Waals surface area contributed by atoms with E-state index in [4.69, 9.17) is 0 Å². The first-order chi connectivity index (χ1) is 6.84. The van der Waals surface area contributed by atoms with Gasteiger partial charge in [-0.05, 0) is 50.6 Å². The maximum absolute atomic E-state index is 3.42. The van der Waals surface area contributed by atoms with Crippen molar-refractivity contribution in [2.24, 2.45) is 11.8 Å². The Bertz CT molecular complexity index is 191. The first kappa shape index (κ1) is 10.2. The summed E-state index contributed by atoms with van der Waals surface area (Å²) >= 11 is 0. The molecule has 1 N–H and O–H groups in total. The van der Waals surface area contributed by atoms with E-state index < -0.39 is 0 Å². The van der Waals surface area contributed by atoms with Crippen LogP contribution in [0.3, 0.4) is 0 Å². The van der Waals surface area contributed by atoms with Gasteiger partial charge in [-0.15, -0.1) is 0 Å². The largest absolute Gasteiger partial charge is 0.316 e. The normalized spacial score (nSPS) is 34.2. The number of rotatable bonds is 1. The minimum atomic E-state index is 0.916. The van der Waals surface area contributed by atoms with Crippen LogP contribution in [0.2, 0.25) is 0 Å². The Labute approximate surface area is 88.0 Å². The van der Waals surface area contributed by atoms with Crippen LogP contribution in [-0.2, 0) is 0 Å². The second-order valence-electron chi connectivity index (χ2n) is 5.09. The summed E-state index contributed by atoms with van der Waals surface area (Å²) in [5.41, 5.74) is 1.73. The average Bonchev–Trinajstić information content (AvgIpc) is 2.23. The molecule has 0 spiro atoms. The topological polar surface area (TPSA) is 12.0 Å². The SMILES string of the molecule is CC1CCC(C=C2CCNCC2)CC1. The van der Waals surface area contributed by atoms with Gasteiger partial charge < -0.3 is 5.32 Å². The summed E-state index contributed by atoms with van der Waals surface area (Å²) in [6.07, 6.45) is 11.0. The van der Waals surface area contributed by atoms with Crippen LogP contribution in [0.1, 0.15) is 45.4 Å². The predicted octanol–water partition coefficient (Wildman–Crippen LogP) is 3.12. The van der Waals surface area contributed by atoms with Crippen molar-refractivity contribution in [3.05, 3.63) is 11.6 Å². The molecule has 0 unspecified atom stereocenters. The van der Waals surface area contributed by atoms with Gasteiger partial charge in [0.1, 0.15) is 0 Å². The summed E-state index contributed by atoms with van der Waals surface area (Å²) in [4.78, 5) is 0. The molecule has 1 heterocycles. The van der Waals surface area contributed by atoms with Crippen molar-refractivity contribution in [3.8, 4) is 0 Å². The van der Waals surface area contributed by atoms with Gasteiger partial charge in [0, 0.05) is 0 Å². The van der Waals surface area contributed by atoms with Crippen LogP contribution in [0, 0.1) is 11.8 Å². The number of piperidine rings is 1. The van der Waals surface area contributed by atoms with E-state index in [9.17, 15) is 0 Å². The molecule has 0 aromatic carbocycles. The van der Waals surface area contributed by atoms with E-state index in [-0.39, 0.29) is 0 Å². The van der Waals surface area contributed by atoms with Crippen LogP contribution in [-0.4, -0.2) is 13.1 Å². The molecule has 1 nitrogen and oxygen atoms in total. The zero-order valence-corrected chi connectivity index (χ0v) is 9.39. The van der Waals surface area contributed by atoms with Crippen LogP contribution in [0.25, 0.3) is 0 Å². The maximum Gasteiger partial charge on any atom is -0.00115 e. The third kappa shape index (κ3) is 2.84. The third-order valence-corrected chi connectivity index (χ3v) is 3.78. The van der Waals surface area contributed by atoms with Crippen molar-refractivity contribution in [1.29, 1.82) is 0 Å². The molecule has 80 valence electrons. The van der Waals surface area contributed by atoms with E-state index in [1.165, 1.54) is 51.6 Å². The number of nitrogens with one attached hydrogen (secondary N) is 1. The average molecular weight is 193 g/mol. The molecule has 0 bridgehead atoms. The molecular weight excluding hydrogens is 170 g/mol. The molecule has 1 heteroatoms. The Kier molecular flexibility index (Phi) is 3.63. The quantitative estimate of drug-likeness (QED) is 0.631. The molecule has 0 aromatic heterocycles. The minimum absolute atomic E-state index is 0.916. The summed E-state index contributed by atoms with van der Waals surface area (Å²) in [6, 6.07) is 0. The fraction of sp³-hybridized carbons (Fsp3) is 0.846. The lowest BCUT2D eigenvalue weighted by molar-refractivity contribution is 0.328. The highest BCUT2D eigenvalue weighted by molar-refractivity contribution is 5.08. The van der Waals surface area contributed by atoms with Crippen LogP contribution < -0.4 is 5.32 Å². The number of allylic oxidation sites excluding steroid dienone is 1. The fourth-order valence-corrected chi connectivity index (χ4v) is 2.70. The van der Waals surface area contributed by atoms with Gasteiger partial charge in [-0.3, -0.25) is 0 Å². The van der Waals surface area contributed by atoms with Crippen molar-refractivity contribution in [2.75, 3.05) is 13.1 Å². The van der Waals surface area contributed by atoms with E-state index in [0.717, 1.165) is 11.8 Å². The second kappa shape index (κ2) is 4.97. The van der Waals surface area contributed by atoms with Gasteiger partial charge in [-0.2, -0.15) is 0 Å². The lowest BCUT2D eigenvalue weighted by Gasteiger charge is -2.25. The zero-order chi connectivity index (χ0) is 9.80. The molecule has 2 rings (SSSR count). The Hall–Kier alpha value is -0.300. The molecule has 0 amide bonds. The van der Waals surface area contributed by atoms with E-state index >= 15 is 0 Å². The highest BCUT2D eigenvalue weighted by atomic mass is 14.9. The zero-order valence-electron chi connectivity index (χ0n) is 9.39. The monoisotopic (exact) mass is 193 g/mol. The lowest BCUT2D eigenvalue weighted by atomic mass is 9.81. The number of hydrogen-bond acceptors (Lipinski definition) is 1. The summed E-state index contributed by atoms with van der Waals surface area (Å²) in [6.45, 7) is 4.80. The minimum Gasteiger partial charge on any atom is -0.316 e. The third-order valence-electron chi connectivity index (χ3n) is 3.78. The standard InChI is InChI=1S/C13H23N/c1-11-2-4-12(5-3-11)10-13-6-8-14-9-7-13/h10-12,14H,2-9H2,1H3. The van der Waals surface area contributed by atoms with Gasteiger partial charge in [0.15, 0.2) is 0 Å². The molecule has 1 aliphatic heterocycles. The van der Waals surface area contributed by atoms with Gasteiger partial charge >= 0.3 is 0 Å². The molecule has 2 fully saturated rings. The van der Waals surface area contributed by atoms with Gasteiger partial charge in [-0.25, -0.2) is 0 Å². The Morgan fingerprint density at radius 2 is 1.71 bits per heavy atom. The first-order valence-corrected chi connectivity index (χ1v) is 6.25. The van der Waals surface area contributed by atoms with Crippen LogP contribution in [0.4, 0.5) is 0 Å². The van der Waals surface area contributed by atoms with Crippen LogP contribution in [0.15, 0.2) is 11.6 Å². The molecule has 2 aliphatic rings. The highest BCUT2D eigenvalue weighted by Crippen LogP contribution is 2.30. The van der Waals surface area contributed by atoms with Gasteiger partial charge in [0.05, 0.1) is 0 Å². The van der Waals surface area contributed by atoms with Crippen molar-refractivity contribution in [1.82, 2.24) is 5.32 Å². The Morgan fingerprint density at radius 3 is 2.36 bits per heavy atom.